The van der Waals surface area contributed by atoms with E-state index in [-0.39, 0.29) is 6.04 Å². The molecule has 2 aromatic rings. The number of aryl methyl sites for hydroxylation is 1. The van der Waals surface area contributed by atoms with Crippen LogP contribution < -0.4 is 5.32 Å². The third-order valence-corrected chi connectivity index (χ3v) is 2.79. The molecule has 98 valence electrons. The topological polar surface area (TPSA) is 59.1 Å². The Labute approximate surface area is 107 Å². The van der Waals surface area contributed by atoms with Crippen molar-refractivity contribution < 1.29 is 4.42 Å². The van der Waals surface area contributed by atoms with Crippen LogP contribution in [0.25, 0.3) is 0 Å². The molecule has 2 rings (SSSR count). The molecule has 1 unspecified atom stereocenters. The van der Waals surface area contributed by atoms with Gasteiger partial charge < -0.3 is 9.73 Å². The molecule has 1 N–H and O–H groups in total. The highest BCUT2D eigenvalue weighted by molar-refractivity contribution is 5.05. The number of nitrogens with zero attached hydrogens (tertiary/aromatic N) is 4. The lowest BCUT2D eigenvalue weighted by Gasteiger charge is -2.22. The summed E-state index contributed by atoms with van der Waals surface area (Å²) in [6, 6.07) is 4.13. The van der Waals surface area contributed by atoms with Crippen molar-refractivity contribution in [2.24, 2.45) is 7.05 Å². The van der Waals surface area contributed by atoms with E-state index in [0.717, 1.165) is 18.0 Å². The smallest absolute Gasteiger partial charge is 0.122 e. The maximum atomic E-state index is 5.45. The second-order valence-electron chi connectivity index (χ2n) is 4.51. The summed E-state index contributed by atoms with van der Waals surface area (Å²) in [4.78, 5) is 2.13. The quantitative estimate of drug-likeness (QED) is 0.820. The highest BCUT2D eigenvalue weighted by Crippen LogP contribution is 2.17. The largest absolute Gasteiger partial charge is 0.468 e. The maximum Gasteiger partial charge on any atom is 0.122 e. The van der Waals surface area contributed by atoms with E-state index in [1.165, 1.54) is 0 Å². The highest BCUT2D eigenvalue weighted by Gasteiger charge is 2.16. The Morgan fingerprint density at radius 3 is 2.89 bits per heavy atom. The number of hydrogen-bond acceptors (Lipinski definition) is 5. The maximum absolute atomic E-state index is 5.45. The Bertz CT molecular complexity index is 463. The van der Waals surface area contributed by atoms with E-state index in [9.17, 15) is 0 Å². The minimum Gasteiger partial charge on any atom is -0.468 e. The Morgan fingerprint density at radius 2 is 2.33 bits per heavy atom. The van der Waals surface area contributed by atoms with Crippen molar-refractivity contribution >= 4 is 0 Å². The molecule has 0 saturated carbocycles. The SMILES string of the molecule is CN(C)C(CNCc1cn(C)nn1)c1ccco1. The zero-order valence-electron chi connectivity index (χ0n) is 11.0. The summed E-state index contributed by atoms with van der Waals surface area (Å²) in [7, 11) is 5.94. The summed E-state index contributed by atoms with van der Waals surface area (Å²) in [5.74, 6) is 0.964. The second kappa shape index (κ2) is 5.79. The van der Waals surface area contributed by atoms with Crippen LogP contribution in [-0.4, -0.2) is 40.5 Å². The van der Waals surface area contributed by atoms with Crippen LogP contribution >= 0.6 is 0 Å². The standard InChI is InChI=1S/C12H19N5O/c1-16(2)11(12-5-4-6-18-12)8-13-7-10-9-17(3)15-14-10/h4-6,9,11,13H,7-8H2,1-3H3. The fourth-order valence-corrected chi connectivity index (χ4v) is 1.83. The van der Waals surface area contributed by atoms with Crippen LogP contribution in [-0.2, 0) is 13.6 Å². The van der Waals surface area contributed by atoms with Gasteiger partial charge in [-0.1, -0.05) is 5.21 Å². The molecular formula is C12H19N5O. The van der Waals surface area contributed by atoms with Crippen LogP contribution in [0.1, 0.15) is 17.5 Å². The first-order chi connectivity index (χ1) is 8.66. The molecule has 0 aliphatic rings. The molecule has 0 fully saturated rings. The van der Waals surface area contributed by atoms with Crippen molar-refractivity contribution in [1.82, 2.24) is 25.2 Å². The van der Waals surface area contributed by atoms with Crippen molar-refractivity contribution in [3.63, 3.8) is 0 Å². The van der Waals surface area contributed by atoms with E-state index in [2.05, 4.69) is 20.5 Å². The van der Waals surface area contributed by atoms with Crippen molar-refractivity contribution in [1.29, 1.82) is 0 Å². The van der Waals surface area contributed by atoms with Crippen LogP contribution in [0.2, 0.25) is 0 Å². The van der Waals surface area contributed by atoms with E-state index in [1.54, 1.807) is 10.9 Å². The van der Waals surface area contributed by atoms with E-state index in [1.807, 2.05) is 39.5 Å². The van der Waals surface area contributed by atoms with Gasteiger partial charge in [0.05, 0.1) is 18.0 Å². The van der Waals surface area contributed by atoms with Gasteiger partial charge in [-0.05, 0) is 26.2 Å². The molecule has 2 heterocycles. The molecule has 6 heteroatoms. The van der Waals surface area contributed by atoms with Crippen molar-refractivity contribution in [3.05, 3.63) is 36.0 Å². The molecule has 0 saturated heterocycles. The molecule has 0 bridgehead atoms. The summed E-state index contributed by atoms with van der Waals surface area (Å²) in [5, 5.41) is 11.3. The molecule has 0 aliphatic heterocycles. The van der Waals surface area contributed by atoms with Gasteiger partial charge in [0, 0.05) is 26.3 Å². The molecule has 6 nitrogen and oxygen atoms in total. The number of furan rings is 1. The number of aromatic nitrogens is 3. The van der Waals surface area contributed by atoms with Crippen LogP contribution in [0.4, 0.5) is 0 Å². The Balaban J connectivity index is 1.87. The predicted molar refractivity (Wildman–Crippen MR) is 67.8 cm³/mol. The Kier molecular flexibility index (Phi) is 4.11. The summed E-state index contributed by atoms with van der Waals surface area (Å²) in [6.07, 6.45) is 3.61. The molecule has 0 amide bonds. The average molecular weight is 249 g/mol. The van der Waals surface area contributed by atoms with Gasteiger partial charge in [-0.15, -0.1) is 5.10 Å². The van der Waals surface area contributed by atoms with Gasteiger partial charge in [0.15, 0.2) is 0 Å². The van der Waals surface area contributed by atoms with E-state index in [0.29, 0.717) is 6.54 Å². The molecule has 0 spiro atoms. The van der Waals surface area contributed by atoms with Crippen molar-refractivity contribution in [2.45, 2.75) is 12.6 Å². The van der Waals surface area contributed by atoms with Gasteiger partial charge in [-0.25, -0.2) is 0 Å². The zero-order valence-corrected chi connectivity index (χ0v) is 11.0. The van der Waals surface area contributed by atoms with Crippen molar-refractivity contribution in [3.8, 4) is 0 Å². The lowest BCUT2D eigenvalue weighted by molar-refractivity contribution is 0.250. The van der Waals surface area contributed by atoms with Gasteiger partial charge in [-0.2, -0.15) is 0 Å². The van der Waals surface area contributed by atoms with Gasteiger partial charge in [0.25, 0.3) is 0 Å². The number of nitrogens with one attached hydrogen (secondary N) is 1. The third kappa shape index (κ3) is 3.18. The molecule has 0 radical (unpaired) electrons. The Hall–Kier alpha value is -1.66. The van der Waals surface area contributed by atoms with E-state index < -0.39 is 0 Å². The van der Waals surface area contributed by atoms with Crippen LogP contribution in [0, 0.1) is 0 Å². The zero-order chi connectivity index (χ0) is 13.0. The molecule has 2 aromatic heterocycles. The van der Waals surface area contributed by atoms with E-state index in [4.69, 9.17) is 4.42 Å². The molecular weight excluding hydrogens is 230 g/mol. The van der Waals surface area contributed by atoms with E-state index >= 15 is 0 Å². The van der Waals surface area contributed by atoms with Crippen LogP contribution in [0.15, 0.2) is 29.0 Å². The summed E-state index contributed by atoms with van der Waals surface area (Å²) in [5.41, 5.74) is 0.939. The predicted octanol–water partition coefficient (Wildman–Crippen LogP) is 0.801. The summed E-state index contributed by atoms with van der Waals surface area (Å²) in [6.45, 7) is 1.51. The fourth-order valence-electron chi connectivity index (χ4n) is 1.83. The number of rotatable bonds is 6. The van der Waals surface area contributed by atoms with Crippen LogP contribution in [0.3, 0.4) is 0 Å². The summed E-state index contributed by atoms with van der Waals surface area (Å²) < 4.78 is 7.15. The number of likely N-dealkylation sites (N-methyl/N-ethyl adjacent to an activating group) is 1. The average Bonchev–Trinajstić information content (AvgIpc) is 2.95. The van der Waals surface area contributed by atoms with Gasteiger partial charge in [0.1, 0.15) is 5.76 Å². The Morgan fingerprint density at radius 1 is 1.50 bits per heavy atom. The highest BCUT2D eigenvalue weighted by atomic mass is 16.3. The lowest BCUT2D eigenvalue weighted by atomic mass is 10.2. The molecule has 1 atom stereocenters. The third-order valence-electron chi connectivity index (χ3n) is 2.79. The minimum absolute atomic E-state index is 0.219. The first-order valence-electron chi connectivity index (χ1n) is 5.92. The molecule has 0 aliphatic carbocycles. The minimum atomic E-state index is 0.219. The van der Waals surface area contributed by atoms with Crippen molar-refractivity contribution in [2.75, 3.05) is 20.6 Å². The van der Waals surface area contributed by atoms with Crippen LogP contribution in [0.5, 0.6) is 0 Å². The first-order valence-corrected chi connectivity index (χ1v) is 5.92. The van der Waals surface area contributed by atoms with Gasteiger partial charge in [-0.3, -0.25) is 9.58 Å². The van der Waals surface area contributed by atoms with Gasteiger partial charge >= 0.3 is 0 Å². The number of hydrogen-bond donors (Lipinski definition) is 1. The summed E-state index contributed by atoms with van der Waals surface area (Å²) >= 11 is 0. The molecule has 0 aromatic carbocycles. The first kappa shape index (κ1) is 12.8. The fraction of sp³-hybridized carbons (Fsp3) is 0.500. The van der Waals surface area contributed by atoms with Gasteiger partial charge in [0.2, 0.25) is 0 Å². The monoisotopic (exact) mass is 249 g/mol. The normalized spacial score (nSPS) is 13.1. The second-order valence-corrected chi connectivity index (χ2v) is 4.51. The molecule has 18 heavy (non-hydrogen) atoms. The lowest BCUT2D eigenvalue weighted by Crippen LogP contribution is -2.30.